The highest BCUT2D eigenvalue weighted by Gasteiger charge is 2.24. The van der Waals surface area contributed by atoms with Crippen molar-refractivity contribution in [2.75, 3.05) is 16.2 Å². The molecule has 24 heavy (non-hydrogen) atoms. The van der Waals surface area contributed by atoms with E-state index in [-0.39, 0.29) is 16.5 Å². The monoisotopic (exact) mass is 348 g/mol. The van der Waals surface area contributed by atoms with Crippen LogP contribution in [0.25, 0.3) is 0 Å². The maximum atomic E-state index is 13.6. The van der Waals surface area contributed by atoms with Crippen molar-refractivity contribution in [3.8, 4) is 0 Å². The van der Waals surface area contributed by atoms with Crippen molar-refractivity contribution < 1.29 is 17.6 Å². The number of hydrogen-bond acceptors (Lipinski definition) is 3. The van der Waals surface area contributed by atoms with E-state index in [9.17, 15) is 17.6 Å². The van der Waals surface area contributed by atoms with Gasteiger partial charge in [-0.15, -0.1) is 0 Å². The highest BCUT2D eigenvalue weighted by atomic mass is 32.2. The summed E-state index contributed by atoms with van der Waals surface area (Å²) in [5.41, 5.74) is 2.16. The lowest BCUT2D eigenvalue weighted by molar-refractivity contribution is -0.116. The first-order chi connectivity index (χ1) is 11.3. The van der Waals surface area contributed by atoms with Crippen LogP contribution in [0.2, 0.25) is 0 Å². The van der Waals surface area contributed by atoms with Gasteiger partial charge in [0.15, 0.2) is 0 Å². The minimum atomic E-state index is -3.82. The van der Waals surface area contributed by atoms with Crippen molar-refractivity contribution in [2.45, 2.75) is 25.2 Å². The van der Waals surface area contributed by atoms with E-state index in [1.165, 1.54) is 25.1 Å². The molecule has 0 fully saturated rings. The normalized spacial score (nSPS) is 13.7. The maximum absolute atomic E-state index is 13.6. The number of nitrogens with zero attached hydrogens (tertiary/aromatic N) is 1. The number of benzene rings is 2. The number of hydrogen-bond donors (Lipinski definition) is 1. The Morgan fingerprint density at radius 1 is 1.21 bits per heavy atom. The van der Waals surface area contributed by atoms with Crippen LogP contribution in [0.1, 0.15) is 18.1 Å². The predicted octanol–water partition coefficient (Wildman–Crippen LogP) is 2.84. The van der Waals surface area contributed by atoms with Gasteiger partial charge in [0.2, 0.25) is 5.91 Å². The van der Waals surface area contributed by atoms with Gasteiger partial charge in [-0.1, -0.05) is 6.07 Å². The molecule has 0 unspecified atom stereocenters. The molecule has 0 saturated carbocycles. The summed E-state index contributed by atoms with van der Waals surface area (Å²) in [5.74, 6) is -0.543. The Balaban J connectivity index is 1.91. The molecule has 0 bridgehead atoms. The summed E-state index contributed by atoms with van der Waals surface area (Å²) in [6.07, 6.45) is 0.609. The highest BCUT2D eigenvalue weighted by Crippen LogP contribution is 2.30. The van der Waals surface area contributed by atoms with Crippen LogP contribution in [-0.4, -0.2) is 20.9 Å². The molecule has 0 aliphatic carbocycles. The third kappa shape index (κ3) is 2.99. The molecule has 7 heteroatoms. The summed E-state index contributed by atoms with van der Waals surface area (Å²) >= 11 is 0. The van der Waals surface area contributed by atoms with Crippen LogP contribution in [0.3, 0.4) is 0 Å². The molecule has 1 aliphatic rings. The third-order valence-corrected chi connectivity index (χ3v) is 5.44. The van der Waals surface area contributed by atoms with Gasteiger partial charge in [0.1, 0.15) is 5.82 Å². The second kappa shape index (κ2) is 5.90. The average Bonchev–Trinajstić information content (AvgIpc) is 2.94. The van der Waals surface area contributed by atoms with Crippen molar-refractivity contribution in [1.29, 1.82) is 0 Å². The van der Waals surface area contributed by atoms with Crippen LogP contribution in [0.5, 0.6) is 0 Å². The zero-order valence-corrected chi connectivity index (χ0v) is 14.2. The molecule has 1 N–H and O–H groups in total. The van der Waals surface area contributed by atoms with Crippen LogP contribution >= 0.6 is 0 Å². The van der Waals surface area contributed by atoms with E-state index in [4.69, 9.17) is 0 Å². The number of aryl methyl sites for hydroxylation is 1. The second-order valence-corrected chi connectivity index (χ2v) is 7.46. The topological polar surface area (TPSA) is 66.5 Å². The summed E-state index contributed by atoms with van der Waals surface area (Å²) in [5, 5.41) is 0. The fourth-order valence-electron chi connectivity index (χ4n) is 2.74. The summed E-state index contributed by atoms with van der Waals surface area (Å²) in [4.78, 5) is 13.3. The zero-order chi connectivity index (χ0) is 17.5. The van der Waals surface area contributed by atoms with Crippen LogP contribution < -0.4 is 9.62 Å². The lowest BCUT2D eigenvalue weighted by Crippen LogP contribution is -2.25. The molecule has 3 rings (SSSR count). The van der Waals surface area contributed by atoms with Gasteiger partial charge in [-0.3, -0.25) is 9.52 Å². The van der Waals surface area contributed by atoms with Gasteiger partial charge >= 0.3 is 0 Å². The number of fused-ring (bicyclic) bond motifs is 1. The minimum Gasteiger partial charge on any atom is -0.312 e. The van der Waals surface area contributed by atoms with Crippen molar-refractivity contribution in [1.82, 2.24) is 0 Å². The molecule has 0 saturated heterocycles. The van der Waals surface area contributed by atoms with Crippen molar-refractivity contribution in [3.63, 3.8) is 0 Å². The van der Waals surface area contributed by atoms with Gasteiger partial charge in [-0.05, 0) is 54.8 Å². The molecule has 2 aromatic carbocycles. The Kier molecular flexibility index (Phi) is 4.04. The van der Waals surface area contributed by atoms with Gasteiger partial charge in [-0.25, -0.2) is 12.8 Å². The molecular formula is C17H17FN2O3S. The molecule has 1 heterocycles. The summed E-state index contributed by atoms with van der Waals surface area (Å²) in [6, 6.07) is 8.82. The SMILES string of the molecule is CC(=O)N1CCc2cc(S(=O)(=O)Nc3ccc(C)c(F)c3)ccc21. The Bertz CT molecular complexity index is 925. The number of anilines is 2. The zero-order valence-electron chi connectivity index (χ0n) is 13.3. The lowest BCUT2D eigenvalue weighted by atomic mass is 10.2. The highest BCUT2D eigenvalue weighted by molar-refractivity contribution is 7.92. The first-order valence-corrected chi connectivity index (χ1v) is 8.96. The van der Waals surface area contributed by atoms with Gasteiger partial charge in [0.25, 0.3) is 10.0 Å². The minimum absolute atomic E-state index is 0.0717. The maximum Gasteiger partial charge on any atom is 0.261 e. The predicted molar refractivity (Wildman–Crippen MR) is 90.1 cm³/mol. The summed E-state index contributed by atoms with van der Waals surface area (Å²) in [7, 11) is -3.82. The van der Waals surface area contributed by atoms with Crippen molar-refractivity contribution >= 4 is 27.3 Å². The van der Waals surface area contributed by atoms with Crippen molar-refractivity contribution in [2.24, 2.45) is 0 Å². The number of nitrogens with one attached hydrogen (secondary N) is 1. The summed E-state index contributed by atoms with van der Waals surface area (Å²) < 4.78 is 41.0. The van der Waals surface area contributed by atoms with E-state index >= 15 is 0 Å². The number of rotatable bonds is 3. The fraction of sp³-hybridized carbons (Fsp3) is 0.235. The van der Waals surface area contributed by atoms with Crippen molar-refractivity contribution in [3.05, 3.63) is 53.3 Å². The van der Waals surface area contributed by atoms with E-state index in [1.807, 2.05) is 0 Å². The number of amides is 1. The molecular weight excluding hydrogens is 331 g/mol. The molecule has 0 spiro atoms. The second-order valence-electron chi connectivity index (χ2n) is 5.78. The number of halogens is 1. The Morgan fingerprint density at radius 2 is 1.96 bits per heavy atom. The van der Waals surface area contributed by atoms with Crippen LogP contribution in [-0.2, 0) is 21.2 Å². The van der Waals surface area contributed by atoms with E-state index in [0.29, 0.717) is 18.5 Å². The first kappa shape index (κ1) is 16.4. The van der Waals surface area contributed by atoms with Gasteiger partial charge in [-0.2, -0.15) is 0 Å². The fourth-order valence-corrected chi connectivity index (χ4v) is 3.84. The molecule has 0 radical (unpaired) electrons. The molecule has 1 aliphatic heterocycles. The standard InChI is InChI=1S/C17H17FN2O3S/c1-11-3-4-14(10-16(11)18)19-24(22,23)15-5-6-17-13(9-15)7-8-20(17)12(2)21/h3-6,9-10,19H,7-8H2,1-2H3. The van der Waals surface area contributed by atoms with Gasteiger partial charge in [0, 0.05) is 19.2 Å². The molecule has 2 aromatic rings. The largest absolute Gasteiger partial charge is 0.312 e. The number of carbonyl (C=O) groups is 1. The Morgan fingerprint density at radius 3 is 2.62 bits per heavy atom. The van der Waals surface area contributed by atoms with Gasteiger partial charge < -0.3 is 4.90 Å². The lowest BCUT2D eigenvalue weighted by Gasteiger charge is -2.15. The molecule has 5 nitrogen and oxygen atoms in total. The van der Waals surface area contributed by atoms with Crippen LogP contribution in [0, 0.1) is 12.7 Å². The van der Waals surface area contributed by atoms with E-state index in [0.717, 1.165) is 17.3 Å². The van der Waals surface area contributed by atoms with E-state index < -0.39 is 15.8 Å². The molecule has 1 amide bonds. The Labute approximate surface area is 140 Å². The number of carbonyl (C=O) groups excluding carboxylic acids is 1. The Hall–Kier alpha value is -2.41. The molecule has 0 atom stereocenters. The summed E-state index contributed by atoms with van der Waals surface area (Å²) in [6.45, 7) is 3.63. The van der Waals surface area contributed by atoms with Crippen LogP contribution in [0.4, 0.5) is 15.8 Å². The molecule has 0 aromatic heterocycles. The smallest absolute Gasteiger partial charge is 0.261 e. The van der Waals surface area contributed by atoms with Crippen LogP contribution in [0.15, 0.2) is 41.3 Å². The first-order valence-electron chi connectivity index (χ1n) is 7.48. The molecule has 126 valence electrons. The quantitative estimate of drug-likeness (QED) is 0.927. The average molecular weight is 348 g/mol. The number of sulfonamides is 1. The van der Waals surface area contributed by atoms with Gasteiger partial charge in [0.05, 0.1) is 10.6 Å². The van der Waals surface area contributed by atoms with E-state index in [2.05, 4.69) is 4.72 Å². The third-order valence-electron chi connectivity index (χ3n) is 4.06. The van der Waals surface area contributed by atoms with E-state index in [1.54, 1.807) is 24.0 Å².